The molecule has 1 nitrogen and oxygen atoms in total. The summed E-state index contributed by atoms with van der Waals surface area (Å²) < 4.78 is 13.1. The van der Waals surface area contributed by atoms with E-state index in [1.54, 1.807) is 6.07 Å². The summed E-state index contributed by atoms with van der Waals surface area (Å²) in [7, 11) is 0. The van der Waals surface area contributed by atoms with Gasteiger partial charge in [0.05, 0.1) is 0 Å². The van der Waals surface area contributed by atoms with E-state index in [0.29, 0.717) is 10.9 Å². The summed E-state index contributed by atoms with van der Waals surface area (Å²) in [5.74, 6) is 1.10. The summed E-state index contributed by atoms with van der Waals surface area (Å²) in [5, 5.41) is 10.3. The van der Waals surface area contributed by atoms with E-state index in [1.165, 1.54) is 31.4 Å². The second-order valence-electron chi connectivity index (χ2n) is 6.01. The van der Waals surface area contributed by atoms with E-state index in [1.807, 2.05) is 0 Å². The highest BCUT2D eigenvalue weighted by molar-refractivity contribution is 6.31. The lowest BCUT2D eigenvalue weighted by Gasteiger charge is -2.36. The zero-order valence-electron chi connectivity index (χ0n) is 10.3. The van der Waals surface area contributed by atoms with E-state index in [0.717, 1.165) is 24.3 Å². The lowest BCUT2D eigenvalue weighted by Crippen LogP contribution is -2.34. The standard InChI is InChI=1S/C15H18ClFO/c16-14-6-13(17)4-2-11(14)8-15(9-18)7-10-1-3-12(15)5-10/h2,4,6,10,12,18H,1,3,5,7-9H2. The van der Waals surface area contributed by atoms with Crippen molar-refractivity contribution < 1.29 is 9.50 Å². The third-order valence-electron chi connectivity index (χ3n) is 4.97. The Morgan fingerprint density at radius 3 is 2.78 bits per heavy atom. The first-order chi connectivity index (χ1) is 8.63. The summed E-state index contributed by atoms with van der Waals surface area (Å²) >= 11 is 6.11. The minimum Gasteiger partial charge on any atom is -0.396 e. The zero-order chi connectivity index (χ0) is 12.8. The first-order valence-corrected chi connectivity index (χ1v) is 7.05. The van der Waals surface area contributed by atoms with Gasteiger partial charge in [-0.2, -0.15) is 0 Å². The number of aliphatic hydroxyl groups is 1. The quantitative estimate of drug-likeness (QED) is 0.884. The molecule has 98 valence electrons. The minimum absolute atomic E-state index is 0.00954. The van der Waals surface area contributed by atoms with Gasteiger partial charge in [0, 0.05) is 17.0 Å². The number of rotatable bonds is 3. The molecule has 0 radical (unpaired) electrons. The number of aliphatic hydroxyl groups excluding tert-OH is 1. The third kappa shape index (κ3) is 1.96. The fraction of sp³-hybridized carbons (Fsp3) is 0.600. The highest BCUT2D eigenvalue weighted by Crippen LogP contribution is 2.57. The molecule has 2 saturated carbocycles. The summed E-state index contributed by atoms with van der Waals surface area (Å²) in [6.07, 6.45) is 5.67. The molecule has 0 spiro atoms. The SMILES string of the molecule is OCC1(Cc2ccc(F)cc2Cl)CC2CCC1C2. The Morgan fingerprint density at radius 2 is 2.22 bits per heavy atom. The van der Waals surface area contributed by atoms with Crippen LogP contribution >= 0.6 is 11.6 Å². The van der Waals surface area contributed by atoms with Gasteiger partial charge in [-0.3, -0.25) is 0 Å². The van der Waals surface area contributed by atoms with Crippen molar-refractivity contribution in [3.8, 4) is 0 Å². The summed E-state index contributed by atoms with van der Waals surface area (Å²) in [4.78, 5) is 0. The Hall–Kier alpha value is -0.600. The van der Waals surface area contributed by atoms with Crippen molar-refractivity contribution in [2.24, 2.45) is 17.3 Å². The van der Waals surface area contributed by atoms with Gasteiger partial charge in [-0.1, -0.05) is 24.1 Å². The Balaban J connectivity index is 1.86. The molecule has 3 atom stereocenters. The molecule has 3 rings (SSSR count). The van der Waals surface area contributed by atoms with Gasteiger partial charge < -0.3 is 5.11 Å². The molecule has 0 aromatic heterocycles. The van der Waals surface area contributed by atoms with Crippen molar-refractivity contribution in [3.63, 3.8) is 0 Å². The maximum Gasteiger partial charge on any atom is 0.124 e. The predicted octanol–water partition coefficient (Wildman–Crippen LogP) is 3.82. The molecule has 0 heterocycles. The molecule has 18 heavy (non-hydrogen) atoms. The molecule has 0 saturated heterocycles. The van der Waals surface area contributed by atoms with Crippen molar-refractivity contribution in [2.75, 3.05) is 6.61 Å². The van der Waals surface area contributed by atoms with Gasteiger partial charge in [0.1, 0.15) is 5.82 Å². The summed E-state index contributed by atoms with van der Waals surface area (Å²) in [5.41, 5.74) is 0.962. The smallest absolute Gasteiger partial charge is 0.124 e. The Morgan fingerprint density at radius 1 is 1.39 bits per heavy atom. The Bertz CT molecular complexity index is 462. The largest absolute Gasteiger partial charge is 0.396 e. The lowest BCUT2D eigenvalue weighted by atomic mass is 9.70. The van der Waals surface area contributed by atoms with Crippen LogP contribution in [0.25, 0.3) is 0 Å². The maximum atomic E-state index is 13.1. The fourth-order valence-electron chi connectivity index (χ4n) is 4.07. The Labute approximate surface area is 112 Å². The van der Waals surface area contributed by atoms with Gasteiger partial charge in [0.25, 0.3) is 0 Å². The van der Waals surface area contributed by atoms with Gasteiger partial charge in [-0.15, -0.1) is 0 Å². The molecule has 2 fully saturated rings. The van der Waals surface area contributed by atoms with Crippen LogP contribution in [0.15, 0.2) is 18.2 Å². The van der Waals surface area contributed by atoms with Crippen molar-refractivity contribution in [1.29, 1.82) is 0 Å². The Kier molecular flexibility index (Phi) is 3.11. The van der Waals surface area contributed by atoms with E-state index in [9.17, 15) is 9.50 Å². The van der Waals surface area contributed by atoms with Crippen LogP contribution in [0.2, 0.25) is 5.02 Å². The van der Waals surface area contributed by atoms with Crippen LogP contribution in [0.4, 0.5) is 4.39 Å². The second kappa shape index (κ2) is 4.50. The van der Waals surface area contributed by atoms with E-state index >= 15 is 0 Å². The van der Waals surface area contributed by atoms with Crippen LogP contribution in [0, 0.1) is 23.1 Å². The maximum absolute atomic E-state index is 13.1. The van der Waals surface area contributed by atoms with Gasteiger partial charge >= 0.3 is 0 Å². The molecule has 0 aliphatic heterocycles. The third-order valence-corrected chi connectivity index (χ3v) is 5.33. The predicted molar refractivity (Wildman–Crippen MR) is 70.1 cm³/mol. The van der Waals surface area contributed by atoms with Crippen molar-refractivity contribution in [1.82, 2.24) is 0 Å². The number of hydrogen-bond acceptors (Lipinski definition) is 1. The molecule has 1 aromatic rings. The number of fused-ring (bicyclic) bond motifs is 2. The van der Waals surface area contributed by atoms with Crippen LogP contribution in [0.3, 0.4) is 0 Å². The van der Waals surface area contributed by atoms with E-state index in [2.05, 4.69) is 0 Å². The first kappa shape index (κ1) is 12.4. The second-order valence-corrected chi connectivity index (χ2v) is 6.42. The monoisotopic (exact) mass is 268 g/mol. The molecule has 1 aromatic carbocycles. The van der Waals surface area contributed by atoms with Gasteiger partial charge in [0.15, 0.2) is 0 Å². The first-order valence-electron chi connectivity index (χ1n) is 6.68. The number of benzene rings is 1. The highest BCUT2D eigenvalue weighted by atomic mass is 35.5. The number of halogens is 2. The average Bonchev–Trinajstić information content (AvgIpc) is 2.93. The summed E-state index contributed by atoms with van der Waals surface area (Å²) in [6.45, 7) is 0.224. The van der Waals surface area contributed by atoms with Crippen molar-refractivity contribution in [3.05, 3.63) is 34.6 Å². The molecular formula is C15H18ClFO. The van der Waals surface area contributed by atoms with Crippen LogP contribution in [-0.2, 0) is 6.42 Å². The zero-order valence-corrected chi connectivity index (χ0v) is 11.1. The fourth-order valence-corrected chi connectivity index (χ4v) is 4.30. The van der Waals surface area contributed by atoms with Crippen molar-refractivity contribution in [2.45, 2.75) is 32.1 Å². The van der Waals surface area contributed by atoms with Gasteiger partial charge in [-0.05, 0) is 55.2 Å². The topological polar surface area (TPSA) is 20.2 Å². The van der Waals surface area contributed by atoms with Gasteiger partial charge in [0.2, 0.25) is 0 Å². The molecular weight excluding hydrogens is 251 g/mol. The normalized spacial score (nSPS) is 34.2. The van der Waals surface area contributed by atoms with Gasteiger partial charge in [-0.25, -0.2) is 4.39 Å². The van der Waals surface area contributed by atoms with E-state index in [-0.39, 0.29) is 17.8 Å². The van der Waals surface area contributed by atoms with Crippen LogP contribution < -0.4 is 0 Å². The molecule has 1 N–H and O–H groups in total. The highest BCUT2D eigenvalue weighted by Gasteiger charge is 2.50. The molecule has 0 amide bonds. The van der Waals surface area contributed by atoms with E-state index < -0.39 is 0 Å². The molecule has 2 bridgehead atoms. The average molecular weight is 269 g/mol. The number of hydrogen-bond donors (Lipinski definition) is 1. The van der Waals surface area contributed by atoms with E-state index in [4.69, 9.17) is 11.6 Å². The van der Waals surface area contributed by atoms with Crippen LogP contribution in [0.5, 0.6) is 0 Å². The summed E-state index contributed by atoms with van der Waals surface area (Å²) in [6, 6.07) is 4.59. The molecule has 2 aliphatic rings. The van der Waals surface area contributed by atoms with Crippen LogP contribution in [-0.4, -0.2) is 11.7 Å². The van der Waals surface area contributed by atoms with Crippen molar-refractivity contribution >= 4 is 11.6 Å². The molecule has 3 unspecified atom stereocenters. The molecule has 3 heteroatoms. The lowest BCUT2D eigenvalue weighted by molar-refractivity contribution is 0.0652. The van der Waals surface area contributed by atoms with Crippen LogP contribution in [0.1, 0.15) is 31.2 Å². The minimum atomic E-state index is -0.297. The molecule has 2 aliphatic carbocycles.